The van der Waals surface area contributed by atoms with E-state index in [0.29, 0.717) is 6.42 Å². The molecule has 0 aliphatic heterocycles. The van der Waals surface area contributed by atoms with Crippen LogP contribution in [0.5, 0.6) is 0 Å². The van der Waals surface area contributed by atoms with Gasteiger partial charge in [0.1, 0.15) is 12.2 Å². The van der Waals surface area contributed by atoms with Crippen molar-refractivity contribution in [1.29, 1.82) is 0 Å². The van der Waals surface area contributed by atoms with Gasteiger partial charge in [-0.05, 0) is 25.7 Å². The van der Waals surface area contributed by atoms with Crippen LogP contribution in [0, 0.1) is 0 Å². The molecular weight excluding hydrogens is 292 g/mol. The van der Waals surface area contributed by atoms with Gasteiger partial charge in [-0.3, -0.25) is 4.79 Å². The van der Waals surface area contributed by atoms with E-state index < -0.39 is 12.2 Å². The molecule has 0 fully saturated rings. The molecule has 0 bridgehead atoms. The summed E-state index contributed by atoms with van der Waals surface area (Å²) in [5.74, 6) is -0.139. The first-order valence-electron chi connectivity index (χ1n) is 8.54. The Morgan fingerprint density at radius 3 is 2.30 bits per heavy atom. The Hall–Kier alpha value is -1.39. The Morgan fingerprint density at radius 1 is 0.957 bits per heavy atom. The number of rotatable bonds is 13. The number of carbonyl (C=O) groups is 1. The molecule has 0 amide bonds. The van der Waals surface area contributed by atoms with Gasteiger partial charge in [0.25, 0.3) is 0 Å². The Balaban J connectivity index is 3.63. The summed E-state index contributed by atoms with van der Waals surface area (Å²) in [6, 6.07) is 0. The van der Waals surface area contributed by atoms with Crippen molar-refractivity contribution in [3.63, 3.8) is 0 Å². The maximum absolute atomic E-state index is 10.9. The maximum atomic E-state index is 10.9. The molecule has 0 radical (unpaired) electrons. The fourth-order valence-electron chi connectivity index (χ4n) is 2.02. The molecule has 4 heteroatoms. The number of hydrogen-bond acceptors (Lipinski definition) is 4. The third kappa shape index (κ3) is 14.0. The van der Waals surface area contributed by atoms with Gasteiger partial charge in [0.15, 0.2) is 0 Å². The second-order valence-corrected chi connectivity index (χ2v) is 5.51. The van der Waals surface area contributed by atoms with E-state index in [-0.39, 0.29) is 5.97 Å². The van der Waals surface area contributed by atoms with Crippen molar-refractivity contribution in [2.24, 2.45) is 0 Å². The highest BCUT2D eigenvalue weighted by Gasteiger charge is 2.07. The van der Waals surface area contributed by atoms with E-state index in [1.54, 1.807) is 18.2 Å². The molecule has 0 unspecified atom stereocenters. The largest absolute Gasteiger partial charge is 0.469 e. The Morgan fingerprint density at radius 2 is 1.61 bits per heavy atom. The smallest absolute Gasteiger partial charge is 0.305 e. The van der Waals surface area contributed by atoms with E-state index in [4.69, 9.17) is 0 Å². The monoisotopic (exact) mass is 324 g/mol. The van der Waals surface area contributed by atoms with Gasteiger partial charge in [0.05, 0.1) is 7.11 Å². The number of carbonyl (C=O) groups excluding carboxylic acids is 1. The minimum Gasteiger partial charge on any atom is -0.469 e. The van der Waals surface area contributed by atoms with E-state index in [1.165, 1.54) is 7.11 Å². The molecule has 4 nitrogen and oxygen atoms in total. The number of unbranched alkanes of at least 4 members (excludes halogenated alkanes) is 5. The highest BCUT2D eigenvalue weighted by atomic mass is 16.5. The molecule has 2 atom stereocenters. The average molecular weight is 324 g/mol. The topological polar surface area (TPSA) is 66.8 Å². The van der Waals surface area contributed by atoms with Crippen molar-refractivity contribution in [1.82, 2.24) is 0 Å². The quantitative estimate of drug-likeness (QED) is 0.235. The number of esters is 1. The number of methoxy groups -OCH3 is 1. The van der Waals surface area contributed by atoms with Crippen LogP contribution in [0.2, 0.25) is 0 Å². The molecule has 0 aromatic rings. The Labute approximate surface area is 140 Å². The van der Waals surface area contributed by atoms with Crippen LogP contribution < -0.4 is 0 Å². The predicted octanol–water partition coefficient (Wildman–Crippen LogP) is 3.69. The van der Waals surface area contributed by atoms with Crippen LogP contribution in [0.4, 0.5) is 0 Å². The van der Waals surface area contributed by atoms with Crippen LogP contribution in [0.1, 0.15) is 58.3 Å². The summed E-state index contributed by atoms with van der Waals surface area (Å²) in [6.07, 6.45) is 16.5. The van der Waals surface area contributed by atoms with Gasteiger partial charge >= 0.3 is 5.97 Å². The van der Waals surface area contributed by atoms with Crippen molar-refractivity contribution in [2.75, 3.05) is 7.11 Å². The zero-order chi connectivity index (χ0) is 17.3. The maximum Gasteiger partial charge on any atom is 0.305 e. The van der Waals surface area contributed by atoms with Gasteiger partial charge in [-0.25, -0.2) is 0 Å². The predicted molar refractivity (Wildman–Crippen MR) is 94.1 cm³/mol. The summed E-state index contributed by atoms with van der Waals surface area (Å²) in [7, 11) is 1.41. The molecule has 132 valence electrons. The minimum absolute atomic E-state index is 0.139. The van der Waals surface area contributed by atoms with Crippen LogP contribution in [0.15, 0.2) is 36.5 Å². The van der Waals surface area contributed by atoms with Crippen LogP contribution in [0.25, 0.3) is 0 Å². The molecule has 0 heterocycles. The minimum atomic E-state index is -0.869. The van der Waals surface area contributed by atoms with E-state index in [0.717, 1.165) is 44.9 Å². The van der Waals surface area contributed by atoms with Crippen LogP contribution in [-0.4, -0.2) is 35.5 Å². The van der Waals surface area contributed by atoms with Gasteiger partial charge < -0.3 is 14.9 Å². The van der Waals surface area contributed by atoms with E-state index in [9.17, 15) is 15.0 Å². The molecule has 0 saturated heterocycles. The first kappa shape index (κ1) is 21.6. The van der Waals surface area contributed by atoms with E-state index in [1.807, 2.05) is 25.2 Å². The van der Waals surface area contributed by atoms with Crippen LogP contribution in [0.3, 0.4) is 0 Å². The van der Waals surface area contributed by atoms with Crippen molar-refractivity contribution >= 4 is 5.97 Å². The molecule has 0 aliphatic rings. The van der Waals surface area contributed by atoms with Crippen molar-refractivity contribution in [2.45, 2.75) is 70.5 Å². The fourth-order valence-corrected chi connectivity index (χ4v) is 2.02. The SMILES string of the molecule is CC/C=C\C=C\[C@H](O)[C@@H](O)/C=C/CCCCCCCC(=O)OC. The second kappa shape index (κ2) is 15.5. The molecular formula is C19H32O4. The lowest BCUT2D eigenvalue weighted by Gasteiger charge is -2.09. The highest BCUT2D eigenvalue weighted by Crippen LogP contribution is 2.08. The summed E-state index contributed by atoms with van der Waals surface area (Å²) in [5.41, 5.74) is 0. The number of aliphatic hydroxyl groups excluding tert-OH is 2. The lowest BCUT2D eigenvalue weighted by atomic mass is 10.1. The third-order valence-electron chi connectivity index (χ3n) is 3.45. The number of ether oxygens (including phenoxy) is 1. The zero-order valence-corrected chi connectivity index (χ0v) is 14.5. The molecule has 2 N–H and O–H groups in total. The van der Waals surface area contributed by atoms with Gasteiger partial charge in [-0.1, -0.05) is 62.6 Å². The van der Waals surface area contributed by atoms with Crippen LogP contribution >= 0.6 is 0 Å². The molecule has 0 aromatic carbocycles. The van der Waals surface area contributed by atoms with Crippen molar-refractivity contribution < 1.29 is 19.7 Å². The molecule has 0 rings (SSSR count). The van der Waals surface area contributed by atoms with Gasteiger partial charge in [0.2, 0.25) is 0 Å². The van der Waals surface area contributed by atoms with Crippen molar-refractivity contribution in [3.05, 3.63) is 36.5 Å². The normalized spacial score (nSPS) is 14.8. The average Bonchev–Trinajstić information content (AvgIpc) is 2.56. The first-order valence-corrected chi connectivity index (χ1v) is 8.54. The summed E-state index contributed by atoms with van der Waals surface area (Å²) < 4.78 is 4.59. The molecule has 0 aliphatic carbocycles. The van der Waals surface area contributed by atoms with Crippen LogP contribution in [-0.2, 0) is 9.53 Å². The second-order valence-electron chi connectivity index (χ2n) is 5.51. The summed E-state index contributed by atoms with van der Waals surface area (Å²) in [5, 5.41) is 19.5. The number of hydrogen-bond donors (Lipinski definition) is 2. The standard InChI is InChI=1S/C19H32O4/c1-3-4-5-11-14-17(20)18(21)15-12-9-7-6-8-10-13-16-19(22)23-2/h4-5,11-12,14-15,17-18,20-21H,3,6-10,13,16H2,1-2H3/b5-4-,14-11+,15-12+/t17-,18-/m0/s1. The van der Waals surface area contributed by atoms with Gasteiger partial charge in [0, 0.05) is 6.42 Å². The number of allylic oxidation sites excluding steroid dienone is 4. The lowest BCUT2D eigenvalue weighted by molar-refractivity contribution is -0.140. The number of aliphatic hydroxyl groups is 2. The zero-order valence-electron chi connectivity index (χ0n) is 14.5. The molecule has 0 aromatic heterocycles. The molecule has 0 saturated carbocycles. The van der Waals surface area contributed by atoms with Gasteiger partial charge in [-0.15, -0.1) is 0 Å². The summed E-state index contributed by atoms with van der Waals surface area (Å²) in [4.78, 5) is 10.9. The first-order chi connectivity index (χ1) is 11.1. The lowest BCUT2D eigenvalue weighted by Crippen LogP contribution is -2.20. The van der Waals surface area contributed by atoms with Crippen molar-refractivity contribution in [3.8, 4) is 0 Å². The highest BCUT2D eigenvalue weighted by molar-refractivity contribution is 5.68. The molecule has 23 heavy (non-hydrogen) atoms. The summed E-state index contributed by atoms with van der Waals surface area (Å²) in [6.45, 7) is 2.04. The fraction of sp³-hybridized carbons (Fsp3) is 0.632. The third-order valence-corrected chi connectivity index (χ3v) is 3.45. The van der Waals surface area contributed by atoms with E-state index in [2.05, 4.69) is 4.74 Å². The van der Waals surface area contributed by atoms with Gasteiger partial charge in [-0.2, -0.15) is 0 Å². The Kier molecular flexibility index (Phi) is 14.6. The Bertz CT molecular complexity index is 372. The molecule has 0 spiro atoms. The summed E-state index contributed by atoms with van der Waals surface area (Å²) >= 11 is 0. The van der Waals surface area contributed by atoms with E-state index >= 15 is 0 Å².